The lowest BCUT2D eigenvalue weighted by Crippen LogP contribution is -2.44. The number of alkyl halides is 3. The summed E-state index contributed by atoms with van der Waals surface area (Å²) in [6.07, 6.45) is -4.90. The highest BCUT2D eigenvalue weighted by Gasteiger charge is 2.32. The highest BCUT2D eigenvalue weighted by Crippen LogP contribution is 2.26. The van der Waals surface area contributed by atoms with Crippen LogP contribution >= 0.6 is 0 Å². The number of rotatable bonds is 7. The van der Waals surface area contributed by atoms with E-state index in [1.165, 1.54) is 37.3 Å². The summed E-state index contributed by atoms with van der Waals surface area (Å²) in [7, 11) is -4.31. The number of hydrogen-bond donors (Lipinski definition) is 2. The van der Waals surface area contributed by atoms with Crippen molar-refractivity contribution in [2.24, 2.45) is 0 Å². The monoisotopic (exact) mass is 420 g/mol. The first-order valence-electron chi connectivity index (χ1n) is 7.88. The fraction of sp³-hybridized carbons (Fsp3) is 0.235. The maximum absolute atomic E-state index is 13.7. The lowest BCUT2D eigenvalue weighted by molar-refractivity contribution is -0.274. The van der Waals surface area contributed by atoms with Crippen molar-refractivity contribution in [1.82, 2.24) is 10.0 Å². The molecule has 0 saturated heterocycles. The lowest BCUT2D eigenvalue weighted by Gasteiger charge is -2.16. The van der Waals surface area contributed by atoms with Gasteiger partial charge in [0, 0.05) is 12.1 Å². The number of carbonyl (C=O) groups is 1. The third-order valence-electron chi connectivity index (χ3n) is 3.50. The number of nitrogens with one attached hydrogen (secondary N) is 2. The maximum Gasteiger partial charge on any atom is 0.573 e. The highest BCUT2D eigenvalue weighted by atomic mass is 32.2. The van der Waals surface area contributed by atoms with E-state index in [9.17, 15) is 30.8 Å². The second-order valence-electron chi connectivity index (χ2n) is 5.65. The average molecular weight is 420 g/mol. The van der Waals surface area contributed by atoms with Gasteiger partial charge in [0.05, 0.1) is 6.04 Å². The molecule has 28 heavy (non-hydrogen) atoms. The summed E-state index contributed by atoms with van der Waals surface area (Å²) in [5.41, 5.74) is 0.0392. The number of hydrogen-bond acceptors (Lipinski definition) is 4. The Hall–Kier alpha value is -2.66. The summed E-state index contributed by atoms with van der Waals surface area (Å²) in [5, 5.41) is 2.31. The molecule has 1 amide bonds. The van der Waals surface area contributed by atoms with Crippen LogP contribution in [0.2, 0.25) is 0 Å². The fourth-order valence-corrected chi connectivity index (χ4v) is 3.50. The van der Waals surface area contributed by atoms with Gasteiger partial charge in [-0.2, -0.15) is 4.72 Å². The second kappa shape index (κ2) is 8.57. The van der Waals surface area contributed by atoms with Crippen molar-refractivity contribution >= 4 is 15.9 Å². The van der Waals surface area contributed by atoms with E-state index in [1.54, 1.807) is 0 Å². The van der Waals surface area contributed by atoms with Crippen molar-refractivity contribution in [3.8, 4) is 5.75 Å². The van der Waals surface area contributed by atoms with E-state index >= 15 is 0 Å². The minimum atomic E-state index is -4.90. The molecule has 2 rings (SSSR count). The predicted molar refractivity (Wildman–Crippen MR) is 91.2 cm³/mol. The largest absolute Gasteiger partial charge is 0.573 e. The zero-order valence-corrected chi connectivity index (χ0v) is 15.3. The van der Waals surface area contributed by atoms with Crippen LogP contribution in [0.3, 0.4) is 0 Å². The van der Waals surface area contributed by atoms with Crippen LogP contribution in [0.1, 0.15) is 12.5 Å². The van der Waals surface area contributed by atoms with Gasteiger partial charge in [-0.05, 0) is 25.1 Å². The Kier molecular flexibility index (Phi) is 6.62. The third-order valence-corrected chi connectivity index (χ3v) is 5.08. The third kappa shape index (κ3) is 5.92. The number of benzene rings is 2. The van der Waals surface area contributed by atoms with Gasteiger partial charge in [-0.15, -0.1) is 13.2 Å². The van der Waals surface area contributed by atoms with Gasteiger partial charge in [0.1, 0.15) is 16.5 Å². The second-order valence-corrected chi connectivity index (χ2v) is 7.33. The molecule has 0 aromatic heterocycles. The molecule has 2 aromatic carbocycles. The quantitative estimate of drug-likeness (QED) is 0.675. The van der Waals surface area contributed by atoms with Gasteiger partial charge in [-0.3, -0.25) is 4.79 Å². The van der Waals surface area contributed by atoms with Crippen molar-refractivity contribution < 1.29 is 35.5 Å². The molecule has 2 aromatic rings. The van der Waals surface area contributed by atoms with E-state index in [2.05, 4.69) is 10.1 Å². The van der Waals surface area contributed by atoms with E-state index < -0.39 is 44.8 Å². The first-order valence-corrected chi connectivity index (χ1v) is 9.36. The number of sulfonamides is 1. The summed E-state index contributed by atoms with van der Waals surface area (Å²) >= 11 is 0. The molecule has 0 aliphatic carbocycles. The zero-order chi connectivity index (χ0) is 20.9. The van der Waals surface area contributed by atoms with Gasteiger partial charge < -0.3 is 10.1 Å². The van der Waals surface area contributed by atoms with Crippen LogP contribution < -0.4 is 14.8 Å². The Balaban J connectivity index is 2.03. The van der Waals surface area contributed by atoms with Crippen LogP contribution in [0.15, 0.2) is 53.4 Å². The summed E-state index contributed by atoms with van der Waals surface area (Å²) in [6.45, 7) is 0.878. The SMILES string of the molecule is C[C@H](NS(=O)(=O)c1ccccc1F)C(=O)NCc1ccccc1OC(F)(F)F. The van der Waals surface area contributed by atoms with E-state index in [4.69, 9.17) is 0 Å². The molecule has 2 N–H and O–H groups in total. The number of ether oxygens (including phenoxy) is 1. The summed E-state index contributed by atoms with van der Waals surface area (Å²) in [6, 6.07) is 8.50. The van der Waals surface area contributed by atoms with Gasteiger partial charge in [-0.1, -0.05) is 30.3 Å². The molecule has 0 bridgehead atoms. The molecule has 152 valence electrons. The molecule has 0 saturated carbocycles. The van der Waals surface area contributed by atoms with E-state index in [0.29, 0.717) is 0 Å². The van der Waals surface area contributed by atoms with Crippen LogP contribution in [-0.4, -0.2) is 26.7 Å². The standard InChI is InChI=1S/C17H16F4N2O4S/c1-11(23-28(25,26)15-9-5-3-7-13(15)18)16(24)22-10-12-6-2-4-8-14(12)27-17(19,20)21/h2-9,11,23H,10H2,1H3,(H,22,24)/t11-/m0/s1. The number of halogens is 4. The minimum Gasteiger partial charge on any atom is -0.405 e. The molecule has 0 spiro atoms. The molecule has 0 heterocycles. The first kappa shape index (κ1) is 21.6. The van der Waals surface area contributed by atoms with E-state index in [-0.39, 0.29) is 12.1 Å². The Morgan fingerprint density at radius 2 is 1.71 bits per heavy atom. The molecule has 0 aliphatic heterocycles. The molecule has 6 nitrogen and oxygen atoms in total. The van der Waals surface area contributed by atoms with Gasteiger partial charge in [0.25, 0.3) is 0 Å². The maximum atomic E-state index is 13.7. The topological polar surface area (TPSA) is 84.5 Å². The highest BCUT2D eigenvalue weighted by molar-refractivity contribution is 7.89. The molecule has 0 fully saturated rings. The smallest absolute Gasteiger partial charge is 0.405 e. The Bertz CT molecular complexity index is 948. The van der Waals surface area contributed by atoms with Crippen molar-refractivity contribution in [2.45, 2.75) is 30.8 Å². The zero-order valence-electron chi connectivity index (χ0n) is 14.5. The molecule has 0 aliphatic rings. The van der Waals surface area contributed by atoms with Gasteiger partial charge >= 0.3 is 6.36 Å². The van der Waals surface area contributed by atoms with E-state index in [0.717, 1.165) is 18.2 Å². The van der Waals surface area contributed by atoms with Crippen molar-refractivity contribution in [1.29, 1.82) is 0 Å². The van der Waals surface area contributed by atoms with Crippen molar-refractivity contribution in [3.63, 3.8) is 0 Å². The Morgan fingerprint density at radius 1 is 1.11 bits per heavy atom. The first-order chi connectivity index (χ1) is 13.0. The van der Waals surface area contributed by atoms with E-state index in [1.807, 2.05) is 4.72 Å². The molecule has 0 unspecified atom stereocenters. The molecular formula is C17H16F4N2O4S. The molecular weight excluding hydrogens is 404 g/mol. The Labute approximate surface area is 158 Å². The molecule has 0 radical (unpaired) electrons. The van der Waals surface area contributed by atoms with Gasteiger partial charge in [-0.25, -0.2) is 12.8 Å². The average Bonchev–Trinajstić information content (AvgIpc) is 2.59. The molecule has 11 heteroatoms. The Morgan fingerprint density at radius 3 is 2.36 bits per heavy atom. The molecule has 1 atom stereocenters. The van der Waals surface area contributed by atoms with Gasteiger partial charge in [0.2, 0.25) is 15.9 Å². The normalized spacial score (nSPS) is 13.0. The van der Waals surface area contributed by atoms with Crippen LogP contribution in [0.4, 0.5) is 17.6 Å². The summed E-state index contributed by atoms with van der Waals surface area (Å²) in [4.78, 5) is 11.5. The number of carbonyl (C=O) groups excluding carboxylic acids is 1. The van der Waals surface area contributed by atoms with Crippen LogP contribution in [0, 0.1) is 5.82 Å². The predicted octanol–water partition coefficient (Wildman–Crippen LogP) is 2.71. The fourth-order valence-electron chi connectivity index (χ4n) is 2.22. The van der Waals surface area contributed by atoms with Crippen LogP contribution in [0.5, 0.6) is 5.75 Å². The van der Waals surface area contributed by atoms with Crippen molar-refractivity contribution in [3.05, 3.63) is 59.9 Å². The number of para-hydroxylation sites is 1. The minimum absolute atomic E-state index is 0.0392. The van der Waals surface area contributed by atoms with Crippen molar-refractivity contribution in [2.75, 3.05) is 0 Å². The van der Waals surface area contributed by atoms with Crippen LogP contribution in [-0.2, 0) is 21.4 Å². The van der Waals surface area contributed by atoms with Crippen LogP contribution in [0.25, 0.3) is 0 Å². The summed E-state index contributed by atoms with van der Waals surface area (Å²) < 4.78 is 81.1. The lowest BCUT2D eigenvalue weighted by atomic mass is 10.2. The number of amides is 1. The summed E-state index contributed by atoms with van der Waals surface area (Å²) in [5.74, 6) is -2.29. The van der Waals surface area contributed by atoms with Gasteiger partial charge in [0.15, 0.2) is 0 Å².